The highest BCUT2D eigenvalue weighted by Crippen LogP contribution is 2.68. The smallest absolute Gasteiger partial charge is 0.456 e. The molecule has 34 heteroatoms. The number of benzene rings is 3. The molecule has 29 nitrogen and oxygen atoms in total. The first-order chi connectivity index (χ1) is 44.2. The van der Waals surface area contributed by atoms with E-state index in [4.69, 9.17) is 24.3 Å². The third-order valence-electron chi connectivity index (χ3n) is 16.4. The number of likely N-dealkylation sites (N-methyl/N-ethyl adjacent to an activating group) is 1. The number of ether oxygens (including phenoxy) is 2. The lowest BCUT2D eigenvalue weighted by Crippen LogP contribution is -2.44. The summed E-state index contributed by atoms with van der Waals surface area (Å²) in [5.74, 6) is 0.513. The number of unbranched alkanes of at least 4 members (excludes halogenated alkanes) is 3. The predicted molar refractivity (Wildman–Crippen MR) is 347 cm³/mol. The van der Waals surface area contributed by atoms with E-state index in [2.05, 4.69) is 79.7 Å². The molecule has 4 unspecified atom stereocenters. The van der Waals surface area contributed by atoms with Crippen molar-refractivity contribution in [1.29, 1.82) is 0 Å². The number of carbonyl (C=O) groups excluding carboxylic acids is 1. The molecule has 1 saturated heterocycles. The van der Waals surface area contributed by atoms with E-state index in [0.717, 1.165) is 46.4 Å². The van der Waals surface area contributed by atoms with Crippen molar-refractivity contribution in [3.63, 3.8) is 0 Å². The van der Waals surface area contributed by atoms with Gasteiger partial charge in [-0.15, -0.1) is 0 Å². The average Bonchev–Trinajstić information content (AvgIpc) is 1.42. The summed E-state index contributed by atoms with van der Waals surface area (Å²) in [5.41, 5.74) is 12.5. The van der Waals surface area contributed by atoms with Gasteiger partial charge in [-0.05, 0) is 95.7 Å². The Balaban J connectivity index is 0.788. The Kier molecular flexibility index (Phi) is 22.2. The fourth-order valence-electron chi connectivity index (χ4n) is 12.0. The fourth-order valence-corrected chi connectivity index (χ4v) is 16.6. The van der Waals surface area contributed by atoms with E-state index in [1.54, 1.807) is 6.08 Å². The molecule has 3 aromatic carbocycles. The Bertz CT molecular complexity index is 4280. The second-order valence-corrected chi connectivity index (χ2v) is 31.2. The van der Waals surface area contributed by atoms with E-state index < -0.39 is 92.6 Å². The van der Waals surface area contributed by atoms with Gasteiger partial charge in [-0.25, -0.2) is 28.6 Å². The fraction of sp³-hybridized carbons (Fsp3) is 0.417. The van der Waals surface area contributed by atoms with Crippen LogP contribution in [0.25, 0.3) is 28.1 Å². The second-order valence-electron chi connectivity index (χ2n) is 23.5. The summed E-state index contributed by atoms with van der Waals surface area (Å²) < 4.78 is 140. The number of anilines is 2. The third-order valence-corrected chi connectivity index (χ3v) is 22.3. The molecule has 9 rings (SSSR count). The summed E-state index contributed by atoms with van der Waals surface area (Å²) in [7, 11) is -25.9. The number of hydrogen-bond donors (Lipinski definition) is 9. The minimum Gasteiger partial charge on any atom is -0.456 e. The number of hydrogen-bond acceptors (Lipinski definition) is 21. The number of aliphatic hydroxyl groups excluding tert-OH is 2. The zero-order chi connectivity index (χ0) is 68.2. The lowest BCUT2D eigenvalue weighted by molar-refractivity contribution is -0.437. The highest BCUT2D eigenvalue weighted by Gasteiger charge is 2.49. The average molecular weight is 1400 g/mol. The van der Waals surface area contributed by atoms with Crippen LogP contribution in [0.4, 0.5) is 17.2 Å². The van der Waals surface area contributed by atoms with Crippen LogP contribution in [0.1, 0.15) is 114 Å². The maximum absolute atomic E-state index is 13.3. The standard InChI is InChI=1S/C60H75N8O21P3S2/c1-6-68-47-34-49-44(33-43(47)39(2)35-59(68,3)4)41(31-48(86-49)40-19-11-9-12-20-40)21-13-10-14-22-51-60(5,45-32-42(94(81,82)83)24-25-46(45)66(51)28-18-30-93(78,79)80)26-17-23-52(69)62-27-15-7-8-16-29-84-90(72,73)88-92(76,77)89-91(74,75)85-36-50-54(70)55(71)58(87-50)67-38-65-53-56(61)63-37-64-57(53)67/h9-14,19-22,24-25,31-35,37-38,50,54-55,58,70-71H,6-8,15-18,23,26-30,36H2,1-5H3,(H7-,61,62,63,64,69,72,73,74,75,76,77,78,79,80,81,82,83)/p+1/t50-,54-,55-,58-,60?/m1/s1. The minimum atomic E-state index is -5.86. The molecule has 0 aliphatic carbocycles. The Labute approximate surface area is 543 Å². The lowest BCUT2D eigenvalue weighted by atomic mass is 9.75. The Hall–Kier alpha value is -6.44. The molecule has 1 amide bonds. The van der Waals surface area contributed by atoms with E-state index in [0.29, 0.717) is 47.7 Å². The number of nitrogen functional groups attached to an aromatic ring is 1. The SMILES string of the molecule is CCN1c2cc3c(cc2C(C)=CC1(C)C)C(=CC=CC=CC1=[N+](CCCS(=O)(=O)O)c2ccc(S(=O)(=O)O)cc2C1(C)CCCC(=O)NCCCCCCOP(=O)(O)OP(=O)(O)OP(=O)(O)OC[C@H]1O[C@@H](n2cnc4c(N)ncnc42)[C@H](O)[C@@H]1O)C=C(c1ccccc1)O3. The first-order valence-electron chi connectivity index (χ1n) is 30.0. The van der Waals surface area contributed by atoms with Gasteiger partial charge in [0.15, 0.2) is 23.4 Å². The van der Waals surface area contributed by atoms with E-state index in [9.17, 15) is 69.3 Å². The van der Waals surface area contributed by atoms with Crippen LogP contribution in [-0.2, 0) is 66.5 Å². The first-order valence-corrected chi connectivity index (χ1v) is 37.5. The van der Waals surface area contributed by atoms with Gasteiger partial charge in [0.2, 0.25) is 11.6 Å². The van der Waals surface area contributed by atoms with Crippen LogP contribution in [0.5, 0.6) is 5.75 Å². The van der Waals surface area contributed by atoms with Gasteiger partial charge in [0.1, 0.15) is 48.2 Å². The zero-order valence-electron chi connectivity index (χ0n) is 51.9. The molecule has 4 aliphatic rings. The number of amides is 1. The van der Waals surface area contributed by atoms with Gasteiger partial charge in [-0.1, -0.05) is 73.6 Å². The van der Waals surface area contributed by atoms with Gasteiger partial charge in [-0.3, -0.25) is 27.5 Å². The van der Waals surface area contributed by atoms with Crippen molar-refractivity contribution in [3.8, 4) is 5.75 Å². The quantitative estimate of drug-likeness (QED) is 0.00684. The molecular formula is C60H76N8O21P3S2+. The molecule has 2 aromatic heterocycles. The molecular weight excluding hydrogens is 1330 g/mol. The predicted octanol–water partition coefficient (Wildman–Crippen LogP) is 8.47. The summed E-state index contributed by atoms with van der Waals surface area (Å²) in [6.07, 6.45) is 11.6. The van der Waals surface area contributed by atoms with Gasteiger partial charge in [-0.2, -0.15) is 30.0 Å². The van der Waals surface area contributed by atoms with Crippen LogP contribution in [0.2, 0.25) is 0 Å². The minimum absolute atomic E-state index is 0.0114. The molecule has 8 atom stereocenters. The molecule has 0 spiro atoms. The highest BCUT2D eigenvalue weighted by molar-refractivity contribution is 7.86. The number of nitrogens with two attached hydrogens (primary N) is 1. The molecule has 10 N–H and O–H groups in total. The number of aliphatic hydroxyl groups is 2. The molecule has 1 fully saturated rings. The molecule has 6 heterocycles. The number of nitrogens with one attached hydrogen (secondary N) is 1. The van der Waals surface area contributed by atoms with Crippen LogP contribution in [-0.4, -0.2) is 149 Å². The van der Waals surface area contributed by atoms with Gasteiger partial charge in [0.05, 0.1) is 41.1 Å². The van der Waals surface area contributed by atoms with Crippen molar-refractivity contribution in [2.45, 2.75) is 126 Å². The van der Waals surface area contributed by atoms with Crippen molar-refractivity contribution in [2.24, 2.45) is 0 Å². The number of rotatable bonds is 30. The Morgan fingerprint density at radius 1 is 0.851 bits per heavy atom. The number of fused-ring (bicyclic) bond motifs is 4. The van der Waals surface area contributed by atoms with Crippen molar-refractivity contribution in [1.82, 2.24) is 24.8 Å². The number of phosphoric acid groups is 3. The number of carbonyl (C=O) groups is 1. The normalized spacial score (nSPS) is 22.8. The molecule has 0 saturated carbocycles. The van der Waals surface area contributed by atoms with Crippen molar-refractivity contribution in [2.75, 3.05) is 49.2 Å². The molecule has 508 valence electrons. The number of allylic oxidation sites excluding steroid dienone is 8. The monoisotopic (exact) mass is 1400 g/mol. The Morgan fingerprint density at radius 3 is 2.29 bits per heavy atom. The van der Waals surface area contributed by atoms with Crippen LogP contribution < -0.4 is 20.7 Å². The maximum Gasteiger partial charge on any atom is 0.490 e. The number of imidazole rings is 1. The second kappa shape index (κ2) is 29.1. The summed E-state index contributed by atoms with van der Waals surface area (Å²) in [4.78, 5) is 57.6. The largest absolute Gasteiger partial charge is 0.490 e. The molecule has 5 aromatic rings. The summed E-state index contributed by atoms with van der Waals surface area (Å²) in [6, 6.07) is 18.2. The van der Waals surface area contributed by atoms with E-state index in [1.807, 2.05) is 72.2 Å². The van der Waals surface area contributed by atoms with Crippen molar-refractivity contribution >= 4 is 101 Å². The molecule has 0 bridgehead atoms. The van der Waals surface area contributed by atoms with Crippen LogP contribution in [0.3, 0.4) is 0 Å². The summed E-state index contributed by atoms with van der Waals surface area (Å²) in [6.45, 7) is 10.1. The van der Waals surface area contributed by atoms with E-state index in [1.165, 1.54) is 29.1 Å². The van der Waals surface area contributed by atoms with Gasteiger partial charge >= 0.3 is 23.5 Å². The van der Waals surface area contributed by atoms with E-state index in [-0.39, 0.29) is 78.5 Å². The lowest BCUT2D eigenvalue weighted by Gasteiger charge is -2.43. The Morgan fingerprint density at radius 2 is 1.57 bits per heavy atom. The van der Waals surface area contributed by atoms with Crippen LogP contribution in [0, 0.1) is 0 Å². The van der Waals surface area contributed by atoms with Gasteiger partial charge in [0.25, 0.3) is 20.2 Å². The zero-order valence-corrected chi connectivity index (χ0v) is 56.3. The number of phosphoric ester groups is 2. The molecule has 0 radical (unpaired) electrons. The van der Waals surface area contributed by atoms with Crippen molar-refractivity contribution < 1.29 is 101 Å². The third kappa shape index (κ3) is 17.2. The summed E-state index contributed by atoms with van der Waals surface area (Å²) >= 11 is 0. The number of aromatic nitrogens is 4. The molecule has 94 heavy (non-hydrogen) atoms. The topological polar surface area (TPSA) is 421 Å². The maximum atomic E-state index is 13.3. The van der Waals surface area contributed by atoms with Crippen LogP contribution >= 0.6 is 23.5 Å². The van der Waals surface area contributed by atoms with Crippen molar-refractivity contribution in [3.05, 3.63) is 138 Å². The molecule has 4 aliphatic heterocycles. The van der Waals surface area contributed by atoms with E-state index >= 15 is 0 Å². The van der Waals surface area contributed by atoms with Crippen LogP contribution in [0.15, 0.2) is 121 Å². The number of nitrogens with zero attached hydrogens (tertiary/aromatic N) is 6. The van der Waals surface area contributed by atoms with Gasteiger partial charge < -0.3 is 50.3 Å². The highest BCUT2D eigenvalue weighted by atomic mass is 32.2. The first kappa shape index (κ1) is 71.8. The summed E-state index contributed by atoms with van der Waals surface area (Å²) in [5, 5.41) is 24.1. The van der Waals surface area contributed by atoms with Gasteiger partial charge in [0, 0.05) is 72.1 Å².